The molecular formula is C8H18NO2PS3. The van der Waals surface area contributed by atoms with Gasteiger partial charge in [0.25, 0.3) is 0 Å². The monoisotopic (exact) mass is 287 g/mol. The lowest BCUT2D eigenvalue weighted by atomic mass is 10.5. The first-order valence-corrected chi connectivity index (χ1v) is 9.16. The van der Waals surface area contributed by atoms with Crippen molar-refractivity contribution in [2.75, 3.05) is 19.8 Å². The summed E-state index contributed by atoms with van der Waals surface area (Å²) in [6.07, 6.45) is 1.89. The van der Waals surface area contributed by atoms with Gasteiger partial charge in [-0.05, 0) is 24.6 Å². The van der Waals surface area contributed by atoms with E-state index in [0.29, 0.717) is 24.8 Å². The fraction of sp³-hybridized carbons (Fsp3) is 0.875. The first-order valence-electron chi connectivity index (χ1n) is 4.88. The molecule has 3 nitrogen and oxygen atoms in total. The SMILES string of the molecule is CCCOCC(=S)NP(=S)(S)OCCC. The van der Waals surface area contributed by atoms with Crippen LogP contribution >= 0.6 is 30.1 Å². The Balaban J connectivity index is 3.78. The largest absolute Gasteiger partial charge is 0.374 e. The summed E-state index contributed by atoms with van der Waals surface area (Å²) in [5.41, 5.74) is -2.26. The summed E-state index contributed by atoms with van der Waals surface area (Å²) in [4.78, 5) is 0.567. The molecule has 7 heteroatoms. The van der Waals surface area contributed by atoms with Crippen molar-refractivity contribution in [1.29, 1.82) is 0 Å². The predicted octanol–water partition coefficient (Wildman–Crippen LogP) is 2.91. The summed E-state index contributed by atoms with van der Waals surface area (Å²) in [7, 11) is 0. The Morgan fingerprint density at radius 3 is 2.47 bits per heavy atom. The van der Waals surface area contributed by atoms with Gasteiger partial charge in [-0.2, -0.15) is 0 Å². The van der Waals surface area contributed by atoms with E-state index < -0.39 is 5.62 Å². The fourth-order valence-electron chi connectivity index (χ4n) is 0.746. The zero-order valence-corrected chi connectivity index (χ0v) is 12.5. The molecule has 1 unspecified atom stereocenters. The van der Waals surface area contributed by atoms with Crippen LogP contribution < -0.4 is 5.09 Å². The number of rotatable bonds is 8. The van der Waals surface area contributed by atoms with Crippen molar-refractivity contribution < 1.29 is 9.26 Å². The second-order valence-corrected chi connectivity index (χ2v) is 9.00. The Kier molecular flexibility index (Phi) is 9.39. The number of nitrogens with one attached hydrogen (secondary N) is 1. The molecule has 0 aromatic heterocycles. The van der Waals surface area contributed by atoms with Crippen LogP contribution in [0.25, 0.3) is 0 Å². The molecule has 0 fully saturated rings. The summed E-state index contributed by atoms with van der Waals surface area (Å²) < 4.78 is 10.7. The Morgan fingerprint density at radius 1 is 1.33 bits per heavy atom. The summed E-state index contributed by atoms with van der Waals surface area (Å²) in [6.45, 7) is 5.76. The lowest BCUT2D eigenvalue weighted by Gasteiger charge is -2.18. The summed E-state index contributed by atoms with van der Waals surface area (Å²) in [5, 5.41) is 2.92. The molecule has 90 valence electrons. The molecule has 0 aromatic rings. The van der Waals surface area contributed by atoms with Gasteiger partial charge in [-0.15, -0.1) is 0 Å². The van der Waals surface area contributed by atoms with E-state index in [1.54, 1.807) is 0 Å². The van der Waals surface area contributed by atoms with Gasteiger partial charge in [0.2, 0.25) is 5.62 Å². The maximum atomic E-state index is 5.39. The number of hydrogen-bond acceptors (Lipinski definition) is 4. The van der Waals surface area contributed by atoms with Gasteiger partial charge in [-0.25, -0.2) is 0 Å². The zero-order valence-electron chi connectivity index (χ0n) is 9.06. The van der Waals surface area contributed by atoms with Gasteiger partial charge in [0.1, 0.15) is 4.99 Å². The zero-order chi connectivity index (χ0) is 11.7. The second kappa shape index (κ2) is 8.90. The third-order valence-corrected chi connectivity index (χ3v) is 4.01. The molecule has 0 saturated carbocycles. The van der Waals surface area contributed by atoms with Crippen LogP contribution in [0.3, 0.4) is 0 Å². The van der Waals surface area contributed by atoms with E-state index in [-0.39, 0.29) is 0 Å². The van der Waals surface area contributed by atoms with Crippen molar-refractivity contribution in [1.82, 2.24) is 5.09 Å². The van der Waals surface area contributed by atoms with Crippen LogP contribution in [-0.2, 0) is 21.1 Å². The molecular weight excluding hydrogens is 269 g/mol. The highest BCUT2D eigenvalue weighted by Crippen LogP contribution is 2.47. The van der Waals surface area contributed by atoms with Gasteiger partial charge in [-0.1, -0.05) is 38.3 Å². The van der Waals surface area contributed by atoms with E-state index in [4.69, 9.17) is 33.3 Å². The Bertz CT molecular complexity index is 238. The molecule has 0 saturated heterocycles. The molecule has 0 aliphatic carbocycles. The van der Waals surface area contributed by atoms with E-state index in [9.17, 15) is 0 Å². The van der Waals surface area contributed by atoms with Crippen LogP contribution in [0.1, 0.15) is 26.7 Å². The van der Waals surface area contributed by atoms with E-state index in [2.05, 4.69) is 17.3 Å². The average Bonchev–Trinajstić information content (AvgIpc) is 2.14. The minimum Gasteiger partial charge on any atom is -0.374 e. The van der Waals surface area contributed by atoms with Crippen LogP contribution in [0, 0.1) is 0 Å². The minimum absolute atomic E-state index is 0.387. The van der Waals surface area contributed by atoms with E-state index in [1.807, 2.05) is 13.8 Å². The van der Waals surface area contributed by atoms with Crippen molar-refractivity contribution in [2.24, 2.45) is 0 Å². The van der Waals surface area contributed by atoms with Crippen LogP contribution in [-0.4, -0.2) is 24.8 Å². The van der Waals surface area contributed by atoms with Crippen molar-refractivity contribution in [3.63, 3.8) is 0 Å². The quantitative estimate of drug-likeness (QED) is 0.310. The second-order valence-electron chi connectivity index (χ2n) is 2.94. The molecule has 15 heavy (non-hydrogen) atoms. The Morgan fingerprint density at radius 2 is 1.93 bits per heavy atom. The average molecular weight is 287 g/mol. The normalized spacial score (nSPS) is 14.6. The highest BCUT2D eigenvalue weighted by atomic mass is 32.9. The fourth-order valence-corrected chi connectivity index (χ4v) is 3.63. The molecule has 0 aromatic carbocycles. The molecule has 0 rings (SSSR count). The van der Waals surface area contributed by atoms with Crippen LogP contribution in [0.5, 0.6) is 0 Å². The van der Waals surface area contributed by atoms with E-state index >= 15 is 0 Å². The first-order chi connectivity index (χ1) is 7.02. The lowest BCUT2D eigenvalue weighted by molar-refractivity contribution is 0.172. The van der Waals surface area contributed by atoms with Gasteiger partial charge in [0, 0.05) is 6.61 Å². The van der Waals surface area contributed by atoms with Crippen molar-refractivity contribution >= 4 is 46.9 Å². The molecule has 1 atom stereocenters. The predicted molar refractivity (Wildman–Crippen MR) is 76.4 cm³/mol. The first kappa shape index (κ1) is 15.8. The van der Waals surface area contributed by atoms with Gasteiger partial charge in [-0.3, -0.25) is 0 Å². The van der Waals surface area contributed by atoms with Gasteiger partial charge >= 0.3 is 0 Å². The highest BCUT2D eigenvalue weighted by molar-refractivity contribution is 8.61. The molecule has 0 aliphatic heterocycles. The van der Waals surface area contributed by atoms with Gasteiger partial charge in [0.05, 0.1) is 13.2 Å². The molecule has 1 N–H and O–H groups in total. The molecule has 0 bridgehead atoms. The number of ether oxygens (including phenoxy) is 1. The minimum atomic E-state index is -2.26. The summed E-state index contributed by atoms with van der Waals surface area (Å²) in [6, 6.07) is 0. The van der Waals surface area contributed by atoms with Crippen molar-refractivity contribution in [2.45, 2.75) is 26.7 Å². The number of thiocarbonyl (C=S) groups is 1. The summed E-state index contributed by atoms with van der Waals surface area (Å²) in [5.74, 6) is 0. The summed E-state index contributed by atoms with van der Waals surface area (Å²) >= 11 is 14.5. The van der Waals surface area contributed by atoms with Gasteiger partial charge < -0.3 is 14.3 Å². The van der Waals surface area contributed by atoms with Gasteiger partial charge in [0.15, 0.2) is 0 Å². The maximum Gasteiger partial charge on any atom is 0.207 e. The highest BCUT2D eigenvalue weighted by Gasteiger charge is 2.12. The third-order valence-electron chi connectivity index (χ3n) is 1.32. The standard InChI is InChI=1S/C8H18NO2PS3/c1-3-5-10-7-8(13)9-12(14,15)11-6-4-2/h3-7H2,1-2H3,(H2,9,13,14,15). The maximum absolute atomic E-state index is 5.39. The molecule has 0 radical (unpaired) electrons. The molecule has 0 spiro atoms. The molecule has 0 aliphatic rings. The van der Waals surface area contributed by atoms with Crippen molar-refractivity contribution in [3.05, 3.63) is 0 Å². The van der Waals surface area contributed by atoms with E-state index in [0.717, 1.165) is 12.8 Å². The smallest absolute Gasteiger partial charge is 0.207 e. The van der Waals surface area contributed by atoms with Crippen LogP contribution in [0.2, 0.25) is 0 Å². The Hall–Kier alpha value is 0.810. The number of hydrogen-bond donors (Lipinski definition) is 2. The topological polar surface area (TPSA) is 30.5 Å². The number of thiol groups is 1. The Labute approximate surface area is 108 Å². The molecule has 0 amide bonds. The van der Waals surface area contributed by atoms with Crippen LogP contribution in [0.4, 0.5) is 0 Å². The van der Waals surface area contributed by atoms with Crippen molar-refractivity contribution in [3.8, 4) is 0 Å². The van der Waals surface area contributed by atoms with Crippen LogP contribution in [0.15, 0.2) is 0 Å². The third kappa shape index (κ3) is 9.72. The molecule has 0 heterocycles. The van der Waals surface area contributed by atoms with E-state index in [1.165, 1.54) is 0 Å². The lowest BCUT2D eigenvalue weighted by Crippen LogP contribution is -2.22.